The zero-order chi connectivity index (χ0) is 20.4. The molecule has 1 saturated heterocycles. The number of aryl methyl sites for hydroxylation is 2. The monoisotopic (exact) mass is 428 g/mol. The fourth-order valence-corrected chi connectivity index (χ4v) is 5.27. The largest absolute Gasteiger partial charge is 0.451 e. The molecule has 2 aromatic heterocycles. The minimum absolute atomic E-state index is 0.100. The van der Waals surface area contributed by atoms with Gasteiger partial charge in [-0.25, -0.2) is 9.97 Å². The van der Waals surface area contributed by atoms with E-state index in [0.29, 0.717) is 18.8 Å². The topological polar surface area (TPSA) is 88.3 Å². The predicted molar refractivity (Wildman–Crippen MR) is 113 cm³/mol. The van der Waals surface area contributed by atoms with Crippen LogP contribution in [0.4, 0.5) is 0 Å². The molecule has 0 radical (unpaired) electrons. The van der Waals surface area contributed by atoms with E-state index in [4.69, 9.17) is 4.42 Å². The number of hydrogen-bond donors (Lipinski definition) is 1. The van der Waals surface area contributed by atoms with E-state index >= 15 is 0 Å². The second-order valence-electron chi connectivity index (χ2n) is 6.69. The average Bonchev–Trinajstić information content (AvgIpc) is 3.46. The van der Waals surface area contributed by atoms with Crippen LogP contribution in [-0.4, -0.2) is 50.9 Å². The minimum Gasteiger partial charge on any atom is -0.451 e. The van der Waals surface area contributed by atoms with Gasteiger partial charge in [-0.1, -0.05) is 29.8 Å². The van der Waals surface area contributed by atoms with Gasteiger partial charge >= 0.3 is 0 Å². The van der Waals surface area contributed by atoms with Crippen LogP contribution in [0.3, 0.4) is 0 Å². The molecule has 3 heterocycles. The Labute approximate surface area is 176 Å². The van der Waals surface area contributed by atoms with Gasteiger partial charge in [0.05, 0.1) is 15.3 Å². The number of aromatic nitrogens is 2. The van der Waals surface area contributed by atoms with Crippen molar-refractivity contribution in [1.29, 1.82) is 0 Å². The van der Waals surface area contributed by atoms with Crippen LogP contribution in [0.1, 0.15) is 31.5 Å². The Morgan fingerprint density at radius 1 is 1.34 bits per heavy atom. The molecular formula is C20H20N4O3S2. The van der Waals surface area contributed by atoms with Gasteiger partial charge in [-0.3, -0.25) is 9.59 Å². The highest BCUT2D eigenvalue weighted by Gasteiger charge is 2.33. The number of nitrogens with one attached hydrogen (secondary N) is 1. The molecule has 1 aliphatic rings. The lowest BCUT2D eigenvalue weighted by Crippen LogP contribution is -2.42. The van der Waals surface area contributed by atoms with Gasteiger partial charge in [-0.05, 0) is 19.4 Å². The zero-order valence-corrected chi connectivity index (χ0v) is 17.7. The fraction of sp³-hybridized carbons (Fsp3) is 0.300. The summed E-state index contributed by atoms with van der Waals surface area (Å²) in [6, 6.07) is 8.09. The SMILES string of the molecule is Cc1cccc(-c2sc(C)nc2C(=O)N2CCSC2CNC(=O)c2cocn2)c1. The van der Waals surface area contributed by atoms with Crippen LogP contribution in [0.25, 0.3) is 10.4 Å². The number of hydrogen-bond acceptors (Lipinski definition) is 7. The molecular weight excluding hydrogens is 408 g/mol. The normalized spacial score (nSPS) is 16.2. The minimum atomic E-state index is -0.316. The van der Waals surface area contributed by atoms with Gasteiger partial charge in [0.25, 0.3) is 11.8 Å². The Morgan fingerprint density at radius 3 is 2.97 bits per heavy atom. The molecule has 1 unspecified atom stereocenters. The molecule has 9 heteroatoms. The summed E-state index contributed by atoms with van der Waals surface area (Å²) in [5, 5.41) is 3.54. The molecule has 0 aliphatic carbocycles. The van der Waals surface area contributed by atoms with Crippen molar-refractivity contribution in [2.24, 2.45) is 0 Å². The molecule has 1 atom stereocenters. The summed E-state index contributed by atoms with van der Waals surface area (Å²) in [6.07, 6.45) is 2.51. The second kappa shape index (κ2) is 8.38. The van der Waals surface area contributed by atoms with Crippen LogP contribution < -0.4 is 5.32 Å². The highest BCUT2D eigenvalue weighted by atomic mass is 32.2. The van der Waals surface area contributed by atoms with E-state index in [9.17, 15) is 9.59 Å². The average molecular weight is 429 g/mol. The number of benzene rings is 1. The maximum Gasteiger partial charge on any atom is 0.274 e. The zero-order valence-electron chi connectivity index (χ0n) is 16.0. The lowest BCUT2D eigenvalue weighted by molar-refractivity contribution is 0.0746. The van der Waals surface area contributed by atoms with Crippen LogP contribution in [0.5, 0.6) is 0 Å². The number of rotatable bonds is 5. The maximum atomic E-state index is 13.3. The van der Waals surface area contributed by atoms with E-state index in [1.165, 1.54) is 24.0 Å². The van der Waals surface area contributed by atoms with Gasteiger partial charge < -0.3 is 14.6 Å². The van der Waals surface area contributed by atoms with Crippen LogP contribution >= 0.6 is 23.1 Å². The fourth-order valence-electron chi connectivity index (χ4n) is 3.21. The van der Waals surface area contributed by atoms with E-state index in [2.05, 4.69) is 21.4 Å². The van der Waals surface area contributed by atoms with E-state index in [1.807, 2.05) is 32.0 Å². The molecule has 2 amide bonds. The maximum absolute atomic E-state index is 13.3. The van der Waals surface area contributed by atoms with Crippen molar-refractivity contribution >= 4 is 34.9 Å². The van der Waals surface area contributed by atoms with Crippen molar-refractivity contribution in [2.45, 2.75) is 19.2 Å². The van der Waals surface area contributed by atoms with Crippen molar-refractivity contribution in [1.82, 2.24) is 20.2 Å². The number of nitrogens with zero attached hydrogens (tertiary/aromatic N) is 3. The molecule has 0 saturated carbocycles. The summed E-state index contributed by atoms with van der Waals surface area (Å²) in [5.74, 6) is 0.402. The summed E-state index contributed by atoms with van der Waals surface area (Å²) < 4.78 is 4.84. The van der Waals surface area contributed by atoms with Crippen molar-refractivity contribution in [3.8, 4) is 10.4 Å². The molecule has 0 spiro atoms. The third-order valence-corrected chi connectivity index (χ3v) is 6.81. The summed E-state index contributed by atoms with van der Waals surface area (Å²) in [5.41, 5.74) is 2.84. The summed E-state index contributed by atoms with van der Waals surface area (Å²) >= 11 is 3.17. The van der Waals surface area contributed by atoms with Crippen LogP contribution in [-0.2, 0) is 0 Å². The predicted octanol–water partition coefficient (Wildman–Crippen LogP) is 3.36. The van der Waals surface area contributed by atoms with E-state index in [0.717, 1.165) is 26.8 Å². The Hall–Kier alpha value is -2.65. The van der Waals surface area contributed by atoms with Crippen molar-refractivity contribution in [3.63, 3.8) is 0 Å². The Kier molecular flexibility index (Phi) is 5.68. The van der Waals surface area contributed by atoms with Crippen LogP contribution in [0, 0.1) is 13.8 Å². The van der Waals surface area contributed by atoms with E-state index in [-0.39, 0.29) is 22.9 Å². The smallest absolute Gasteiger partial charge is 0.274 e. The van der Waals surface area contributed by atoms with Crippen molar-refractivity contribution in [2.75, 3.05) is 18.8 Å². The van der Waals surface area contributed by atoms with Gasteiger partial charge in [0.1, 0.15) is 12.0 Å². The van der Waals surface area contributed by atoms with Crippen molar-refractivity contribution in [3.05, 3.63) is 58.9 Å². The molecule has 7 nitrogen and oxygen atoms in total. The molecule has 1 N–H and O–H groups in total. The first-order valence-corrected chi connectivity index (χ1v) is 11.0. The number of thioether (sulfide) groups is 1. The number of thiazole rings is 1. The van der Waals surface area contributed by atoms with Gasteiger partial charge in [-0.15, -0.1) is 23.1 Å². The molecule has 1 aliphatic heterocycles. The van der Waals surface area contributed by atoms with Gasteiger partial charge in [0, 0.05) is 18.8 Å². The first kappa shape index (κ1) is 19.7. The van der Waals surface area contributed by atoms with Crippen LogP contribution in [0.15, 0.2) is 41.3 Å². The first-order chi connectivity index (χ1) is 14.0. The Bertz CT molecular complexity index is 1030. The lowest BCUT2D eigenvalue weighted by atomic mass is 10.1. The highest BCUT2D eigenvalue weighted by Crippen LogP contribution is 2.33. The molecule has 150 valence electrons. The number of carbonyl (C=O) groups is 2. The Morgan fingerprint density at radius 2 is 2.21 bits per heavy atom. The third-order valence-electron chi connectivity index (χ3n) is 4.57. The molecule has 1 aromatic carbocycles. The number of oxazole rings is 1. The van der Waals surface area contributed by atoms with Crippen LogP contribution in [0.2, 0.25) is 0 Å². The molecule has 1 fully saturated rings. The third kappa shape index (κ3) is 4.20. The van der Waals surface area contributed by atoms with Gasteiger partial charge in [-0.2, -0.15) is 0 Å². The summed E-state index contributed by atoms with van der Waals surface area (Å²) in [4.78, 5) is 36.5. The quantitative estimate of drug-likeness (QED) is 0.670. The lowest BCUT2D eigenvalue weighted by Gasteiger charge is -2.23. The number of amides is 2. The Balaban J connectivity index is 1.52. The van der Waals surface area contributed by atoms with Gasteiger partial charge in [0.2, 0.25) is 0 Å². The standard InChI is InChI=1S/C20H20N4O3S2/c1-12-4-3-5-14(8-12)18-17(23-13(2)29-18)20(26)24-6-7-28-16(24)9-21-19(25)15-10-27-11-22-15/h3-5,8,10-11,16H,6-7,9H2,1-2H3,(H,21,25). The highest BCUT2D eigenvalue weighted by molar-refractivity contribution is 8.00. The molecule has 3 aromatic rings. The summed E-state index contributed by atoms with van der Waals surface area (Å²) in [7, 11) is 0. The second-order valence-corrected chi connectivity index (χ2v) is 9.18. The number of carbonyl (C=O) groups excluding carboxylic acids is 2. The summed E-state index contributed by atoms with van der Waals surface area (Å²) in [6.45, 7) is 4.90. The van der Waals surface area contributed by atoms with E-state index < -0.39 is 0 Å². The molecule has 29 heavy (non-hydrogen) atoms. The van der Waals surface area contributed by atoms with Gasteiger partial charge in [0.15, 0.2) is 12.1 Å². The van der Waals surface area contributed by atoms with Crippen molar-refractivity contribution < 1.29 is 14.0 Å². The molecule has 4 rings (SSSR count). The first-order valence-electron chi connectivity index (χ1n) is 9.16. The molecule has 0 bridgehead atoms. The van der Waals surface area contributed by atoms with E-state index in [1.54, 1.807) is 16.7 Å².